The van der Waals surface area contributed by atoms with Crippen LogP contribution in [-0.2, 0) is 4.74 Å². The van der Waals surface area contributed by atoms with Crippen LogP contribution in [0, 0.1) is 0 Å². The van der Waals surface area contributed by atoms with E-state index < -0.39 is 5.60 Å². The number of piperazine rings is 1. The van der Waals surface area contributed by atoms with Crippen molar-refractivity contribution in [2.45, 2.75) is 44.8 Å². The lowest BCUT2D eigenvalue weighted by atomic mass is 10.1. The van der Waals surface area contributed by atoms with E-state index in [4.69, 9.17) is 16.3 Å². The Kier molecular flexibility index (Phi) is 3.61. The fourth-order valence-electron chi connectivity index (χ4n) is 3.48. The molecule has 0 atom stereocenters. The average Bonchev–Trinajstić information content (AvgIpc) is 3.18. The Bertz CT molecular complexity index is 824. The first kappa shape index (κ1) is 16.4. The van der Waals surface area contributed by atoms with Gasteiger partial charge in [-0.05, 0) is 33.6 Å². The van der Waals surface area contributed by atoms with E-state index in [1.807, 2.05) is 25.7 Å². The van der Waals surface area contributed by atoms with E-state index in [0.29, 0.717) is 18.1 Å². The molecular weight excluding hydrogens is 342 g/mol. The van der Waals surface area contributed by atoms with E-state index in [2.05, 4.69) is 19.9 Å². The minimum atomic E-state index is -0.484. The molecule has 0 radical (unpaired) electrons. The van der Waals surface area contributed by atoms with Crippen LogP contribution in [0.15, 0.2) is 12.5 Å². The largest absolute Gasteiger partial charge is 0.444 e. The maximum Gasteiger partial charge on any atom is 0.410 e. The van der Waals surface area contributed by atoms with Crippen molar-refractivity contribution in [3.63, 3.8) is 0 Å². The third-order valence-corrected chi connectivity index (χ3v) is 5.09. The first-order chi connectivity index (χ1) is 11.8. The van der Waals surface area contributed by atoms with Gasteiger partial charge in [0.15, 0.2) is 0 Å². The highest BCUT2D eigenvalue weighted by molar-refractivity contribution is 6.36. The molecule has 2 aliphatic rings. The van der Waals surface area contributed by atoms with Gasteiger partial charge in [0.1, 0.15) is 23.4 Å². The molecule has 0 aromatic carbocycles. The van der Waals surface area contributed by atoms with Crippen LogP contribution in [0.2, 0.25) is 5.02 Å². The number of H-pyrrole nitrogens is 1. The smallest absolute Gasteiger partial charge is 0.410 e. The van der Waals surface area contributed by atoms with Crippen LogP contribution in [0.25, 0.3) is 11.0 Å². The third-order valence-electron chi connectivity index (χ3n) is 4.79. The molecule has 134 valence electrons. The minimum Gasteiger partial charge on any atom is -0.444 e. The van der Waals surface area contributed by atoms with Gasteiger partial charge in [0.05, 0.1) is 15.9 Å². The van der Waals surface area contributed by atoms with Gasteiger partial charge < -0.3 is 14.6 Å². The maximum absolute atomic E-state index is 12.6. The Balaban J connectivity index is 1.59. The van der Waals surface area contributed by atoms with Gasteiger partial charge in [-0.2, -0.15) is 0 Å². The van der Waals surface area contributed by atoms with Gasteiger partial charge in [0, 0.05) is 25.8 Å². The number of hydrogen-bond acceptors (Lipinski definition) is 5. The number of nitrogens with zero attached hydrogens (tertiary/aromatic N) is 4. The Morgan fingerprint density at radius 3 is 2.76 bits per heavy atom. The maximum atomic E-state index is 12.6. The molecule has 4 rings (SSSR count). The van der Waals surface area contributed by atoms with Crippen molar-refractivity contribution in [1.82, 2.24) is 19.9 Å². The van der Waals surface area contributed by atoms with Gasteiger partial charge in [0.25, 0.3) is 0 Å². The second-order valence-electron chi connectivity index (χ2n) is 7.84. The molecule has 0 bridgehead atoms. The summed E-state index contributed by atoms with van der Waals surface area (Å²) >= 11 is 6.31. The molecule has 8 heteroatoms. The second-order valence-corrected chi connectivity index (χ2v) is 8.24. The fraction of sp³-hybridized carbons (Fsp3) is 0.588. The molecule has 25 heavy (non-hydrogen) atoms. The number of nitrogens with one attached hydrogen (secondary N) is 1. The molecule has 1 saturated carbocycles. The fourth-order valence-corrected chi connectivity index (χ4v) is 3.71. The number of anilines is 1. The number of carbonyl (C=O) groups excluding carboxylic acids is 1. The monoisotopic (exact) mass is 363 g/mol. The first-order valence-electron chi connectivity index (χ1n) is 8.52. The average molecular weight is 364 g/mol. The van der Waals surface area contributed by atoms with Crippen molar-refractivity contribution in [1.29, 1.82) is 0 Å². The Morgan fingerprint density at radius 2 is 2.08 bits per heavy atom. The van der Waals surface area contributed by atoms with E-state index in [0.717, 1.165) is 36.2 Å². The summed E-state index contributed by atoms with van der Waals surface area (Å²) < 4.78 is 5.59. The summed E-state index contributed by atoms with van der Waals surface area (Å²) in [5.74, 6) is 0.825. The van der Waals surface area contributed by atoms with Crippen molar-refractivity contribution in [2.75, 3.05) is 24.5 Å². The number of carbonyl (C=O) groups is 1. The van der Waals surface area contributed by atoms with E-state index in [-0.39, 0.29) is 11.6 Å². The van der Waals surface area contributed by atoms with Gasteiger partial charge >= 0.3 is 6.09 Å². The molecular formula is C17H22ClN5O2. The molecule has 1 aliphatic carbocycles. The highest BCUT2D eigenvalue weighted by Crippen LogP contribution is 2.46. The lowest BCUT2D eigenvalue weighted by Gasteiger charge is -2.42. The van der Waals surface area contributed by atoms with Crippen LogP contribution in [-0.4, -0.2) is 56.7 Å². The number of hydrogen-bond donors (Lipinski definition) is 1. The Morgan fingerprint density at radius 1 is 1.32 bits per heavy atom. The standard InChI is InChI=1S/C17H22ClN5O2/c1-16(2,3)25-15(24)23-7-6-22(9-17(23)4-5-17)14-12-11(18)8-19-13(12)20-10-21-14/h8,10H,4-7,9H2,1-3H3,(H,19,20,21). The third kappa shape index (κ3) is 2.90. The van der Waals surface area contributed by atoms with Gasteiger partial charge in [-0.15, -0.1) is 0 Å². The van der Waals surface area contributed by atoms with Crippen molar-refractivity contribution < 1.29 is 9.53 Å². The molecule has 1 aliphatic heterocycles. The quantitative estimate of drug-likeness (QED) is 0.842. The number of fused-ring (bicyclic) bond motifs is 1. The summed E-state index contributed by atoms with van der Waals surface area (Å²) in [5.41, 5.74) is 0.0944. The molecule has 3 heterocycles. The highest BCUT2D eigenvalue weighted by atomic mass is 35.5. The van der Waals surface area contributed by atoms with Crippen LogP contribution in [0.3, 0.4) is 0 Å². The second kappa shape index (κ2) is 5.49. The SMILES string of the molecule is CC(C)(C)OC(=O)N1CCN(c2ncnc3[nH]cc(Cl)c23)CC12CC2. The van der Waals surface area contributed by atoms with E-state index in [1.165, 1.54) is 0 Å². The Hall–Kier alpha value is -2.02. The predicted molar refractivity (Wildman–Crippen MR) is 96.0 cm³/mol. The topological polar surface area (TPSA) is 74.3 Å². The zero-order valence-electron chi connectivity index (χ0n) is 14.7. The van der Waals surface area contributed by atoms with Crippen molar-refractivity contribution >= 4 is 34.5 Å². The molecule has 2 aromatic heterocycles. The van der Waals surface area contributed by atoms with Crippen LogP contribution in [0.4, 0.5) is 10.6 Å². The number of ether oxygens (including phenoxy) is 1. The van der Waals surface area contributed by atoms with Crippen molar-refractivity contribution in [3.05, 3.63) is 17.5 Å². The number of aromatic amines is 1. The normalized spacial score (nSPS) is 19.5. The zero-order chi connectivity index (χ0) is 17.8. The lowest BCUT2D eigenvalue weighted by Crippen LogP contribution is -2.58. The molecule has 0 unspecified atom stereocenters. The first-order valence-corrected chi connectivity index (χ1v) is 8.90. The van der Waals surface area contributed by atoms with Gasteiger partial charge in [-0.25, -0.2) is 14.8 Å². The number of rotatable bonds is 1. The molecule has 1 saturated heterocycles. The number of amides is 1. The summed E-state index contributed by atoms with van der Waals surface area (Å²) in [7, 11) is 0. The molecule has 1 amide bonds. The summed E-state index contributed by atoms with van der Waals surface area (Å²) in [5, 5.41) is 1.45. The molecule has 7 nitrogen and oxygen atoms in total. The van der Waals surface area contributed by atoms with E-state index in [9.17, 15) is 4.79 Å². The molecule has 1 spiro atoms. The highest BCUT2D eigenvalue weighted by Gasteiger charge is 2.54. The molecule has 1 N–H and O–H groups in total. The summed E-state index contributed by atoms with van der Waals surface area (Å²) in [4.78, 5) is 28.4. The van der Waals surface area contributed by atoms with Gasteiger partial charge in [0.2, 0.25) is 0 Å². The molecule has 2 aromatic rings. The number of aromatic nitrogens is 3. The lowest BCUT2D eigenvalue weighted by molar-refractivity contribution is 0.0106. The van der Waals surface area contributed by atoms with Crippen molar-refractivity contribution in [3.8, 4) is 0 Å². The van der Waals surface area contributed by atoms with Crippen molar-refractivity contribution in [2.24, 2.45) is 0 Å². The van der Waals surface area contributed by atoms with Gasteiger partial charge in [-0.3, -0.25) is 4.90 Å². The number of halogens is 1. The summed E-state index contributed by atoms with van der Waals surface area (Å²) in [6.07, 6.45) is 5.02. The predicted octanol–water partition coefficient (Wildman–Crippen LogP) is 3.20. The van der Waals surface area contributed by atoms with E-state index >= 15 is 0 Å². The van der Waals surface area contributed by atoms with Crippen LogP contribution in [0.5, 0.6) is 0 Å². The van der Waals surface area contributed by atoms with Crippen LogP contribution < -0.4 is 4.90 Å². The zero-order valence-corrected chi connectivity index (χ0v) is 15.4. The van der Waals surface area contributed by atoms with Crippen LogP contribution in [0.1, 0.15) is 33.6 Å². The Labute approximate surface area is 151 Å². The van der Waals surface area contributed by atoms with E-state index in [1.54, 1.807) is 12.5 Å². The summed E-state index contributed by atoms with van der Waals surface area (Å²) in [6.45, 7) is 7.72. The molecule has 2 fully saturated rings. The minimum absolute atomic E-state index is 0.152. The summed E-state index contributed by atoms with van der Waals surface area (Å²) in [6, 6.07) is 0. The van der Waals surface area contributed by atoms with Crippen LogP contribution >= 0.6 is 11.6 Å². The van der Waals surface area contributed by atoms with Gasteiger partial charge in [-0.1, -0.05) is 11.6 Å².